The molecule has 2 heterocycles. The van der Waals surface area contributed by atoms with Crippen molar-refractivity contribution in [3.05, 3.63) is 29.8 Å². The molecule has 0 bridgehead atoms. The second-order valence-corrected chi connectivity index (χ2v) is 3.86. The van der Waals surface area contributed by atoms with E-state index in [9.17, 15) is 0 Å². The van der Waals surface area contributed by atoms with E-state index in [0.717, 1.165) is 36.7 Å². The van der Waals surface area contributed by atoms with Gasteiger partial charge in [0.1, 0.15) is 0 Å². The van der Waals surface area contributed by atoms with Gasteiger partial charge in [-0.3, -0.25) is 5.10 Å². The van der Waals surface area contributed by atoms with Gasteiger partial charge in [-0.1, -0.05) is 6.92 Å². The van der Waals surface area contributed by atoms with Gasteiger partial charge in [0.2, 0.25) is 5.95 Å². The highest BCUT2D eigenvalue weighted by atomic mass is 15.2. The Bertz CT molecular complexity index is 429. The molecule has 5 nitrogen and oxygen atoms in total. The lowest BCUT2D eigenvalue weighted by Crippen LogP contribution is -2.06. The number of imidazole rings is 1. The van der Waals surface area contributed by atoms with Gasteiger partial charge >= 0.3 is 0 Å². The lowest BCUT2D eigenvalue weighted by molar-refractivity contribution is 0.681. The molecular weight excluding hydrogens is 202 g/mol. The quantitative estimate of drug-likeness (QED) is 0.808. The second-order valence-electron chi connectivity index (χ2n) is 3.86. The van der Waals surface area contributed by atoms with E-state index >= 15 is 0 Å². The average molecular weight is 219 g/mol. The predicted molar refractivity (Wildman–Crippen MR) is 63.2 cm³/mol. The molecule has 2 rings (SSSR count). The number of aromatic amines is 1. The summed E-state index contributed by atoms with van der Waals surface area (Å²) in [6.45, 7) is 5.91. The first-order chi connectivity index (χ1) is 7.79. The van der Waals surface area contributed by atoms with E-state index in [1.807, 2.05) is 19.3 Å². The molecule has 0 fully saturated rings. The molecule has 0 unspecified atom stereocenters. The molecule has 2 aromatic rings. The van der Waals surface area contributed by atoms with Gasteiger partial charge in [0.15, 0.2) is 0 Å². The summed E-state index contributed by atoms with van der Waals surface area (Å²) >= 11 is 0. The van der Waals surface area contributed by atoms with Gasteiger partial charge in [0.25, 0.3) is 0 Å². The van der Waals surface area contributed by atoms with Crippen LogP contribution in [0, 0.1) is 6.92 Å². The van der Waals surface area contributed by atoms with E-state index in [-0.39, 0.29) is 0 Å². The maximum absolute atomic E-state index is 4.45. The molecule has 0 aliphatic carbocycles. The van der Waals surface area contributed by atoms with Crippen molar-refractivity contribution >= 4 is 5.95 Å². The summed E-state index contributed by atoms with van der Waals surface area (Å²) in [5.41, 5.74) is 2.17. The minimum atomic E-state index is 0.747. The van der Waals surface area contributed by atoms with Crippen LogP contribution < -0.4 is 5.32 Å². The van der Waals surface area contributed by atoms with Gasteiger partial charge < -0.3 is 9.88 Å². The highest BCUT2D eigenvalue weighted by Crippen LogP contribution is 2.10. The zero-order valence-corrected chi connectivity index (χ0v) is 9.70. The molecule has 2 N–H and O–H groups in total. The van der Waals surface area contributed by atoms with Crippen LogP contribution in [0.3, 0.4) is 0 Å². The molecule has 0 aliphatic rings. The van der Waals surface area contributed by atoms with Crippen molar-refractivity contribution < 1.29 is 0 Å². The Morgan fingerprint density at radius 2 is 2.38 bits per heavy atom. The first kappa shape index (κ1) is 10.7. The standard InChI is InChI=1S/C11H17N5/c1-3-4-16-8-9(2)15-11(16)12-5-10-6-13-14-7-10/h6-8H,3-5H2,1-2H3,(H,12,15)(H,13,14). The Labute approximate surface area is 94.9 Å². The van der Waals surface area contributed by atoms with E-state index in [1.165, 1.54) is 0 Å². The zero-order chi connectivity index (χ0) is 11.4. The van der Waals surface area contributed by atoms with Gasteiger partial charge in [-0.15, -0.1) is 0 Å². The predicted octanol–water partition coefficient (Wildman–Crippen LogP) is 1.94. The summed E-state index contributed by atoms with van der Waals surface area (Å²) in [4.78, 5) is 4.45. The highest BCUT2D eigenvalue weighted by molar-refractivity contribution is 5.30. The van der Waals surface area contributed by atoms with Crippen LogP contribution >= 0.6 is 0 Å². The van der Waals surface area contributed by atoms with E-state index in [0.29, 0.717) is 0 Å². The highest BCUT2D eigenvalue weighted by Gasteiger charge is 2.04. The maximum Gasteiger partial charge on any atom is 0.203 e. The van der Waals surface area contributed by atoms with E-state index in [4.69, 9.17) is 0 Å². The molecule has 5 heteroatoms. The Balaban J connectivity index is 2.02. The van der Waals surface area contributed by atoms with E-state index < -0.39 is 0 Å². The maximum atomic E-state index is 4.45. The van der Waals surface area contributed by atoms with Crippen LogP contribution in [-0.4, -0.2) is 19.7 Å². The molecule has 0 saturated heterocycles. The van der Waals surface area contributed by atoms with E-state index in [2.05, 4.69) is 38.2 Å². The summed E-state index contributed by atoms with van der Waals surface area (Å²) in [7, 11) is 0. The molecular formula is C11H17N5. The Kier molecular flexibility index (Phi) is 3.24. The molecule has 2 aromatic heterocycles. The van der Waals surface area contributed by atoms with Crippen molar-refractivity contribution in [2.75, 3.05) is 5.32 Å². The average Bonchev–Trinajstić information content (AvgIpc) is 2.86. The third kappa shape index (κ3) is 2.42. The Morgan fingerprint density at radius 3 is 3.06 bits per heavy atom. The summed E-state index contributed by atoms with van der Waals surface area (Å²) in [5.74, 6) is 0.931. The van der Waals surface area contributed by atoms with Crippen molar-refractivity contribution in [3.63, 3.8) is 0 Å². The fourth-order valence-corrected chi connectivity index (χ4v) is 1.65. The summed E-state index contributed by atoms with van der Waals surface area (Å²) in [6.07, 6.45) is 6.87. The number of aryl methyl sites for hydroxylation is 2. The lowest BCUT2D eigenvalue weighted by atomic mass is 10.4. The largest absolute Gasteiger partial charge is 0.351 e. The third-order valence-corrected chi connectivity index (χ3v) is 2.37. The molecule has 0 aromatic carbocycles. The van der Waals surface area contributed by atoms with Gasteiger partial charge in [0, 0.05) is 31.0 Å². The Hall–Kier alpha value is -1.78. The summed E-state index contributed by atoms with van der Waals surface area (Å²) in [6, 6.07) is 0. The van der Waals surface area contributed by atoms with Crippen molar-refractivity contribution in [1.29, 1.82) is 0 Å². The fourth-order valence-electron chi connectivity index (χ4n) is 1.65. The number of rotatable bonds is 5. The molecule has 86 valence electrons. The van der Waals surface area contributed by atoms with Gasteiger partial charge in [-0.25, -0.2) is 4.98 Å². The zero-order valence-electron chi connectivity index (χ0n) is 9.70. The minimum Gasteiger partial charge on any atom is -0.351 e. The van der Waals surface area contributed by atoms with Crippen molar-refractivity contribution in [3.8, 4) is 0 Å². The Morgan fingerprint density at radius 1 is 1.50 bits per heavy atom. The van der Waals surface area contributed by atoms with Gasteiger partial charge in [-0.2, -0.15) is 5.10 Å². The van der Waals surface area contributed by atoms with Gasteiger partial charge in [-0.05, 0) is 13.3 Å². The van der Waals surface area contributed by atoms with Crippen LogP contribution in [0.1, 0.15) is 24.6 Å². The van der Waals surface area contributed by atoms with Crippen LogP contribution in [0.2, 0.25) is 0 Å². The minimum absolute atomic E-state index is 0.747. The van der Waals surface area contributed by atoms with Crippen LogP contribution in [0.5, 0.6) is 0 Å². The van der Waals surface area contributed by atoms with Crippen LogP contribution in [-0.2, 0) is 13.1 Å². The molecule has 0 spiro atoms. The van der Waals surface area contributed by atoms with Crippen molar-refractivity contribution in [2.45, 2.75) is 33.4 Å². The first-order valence-corrected chi connectivity index (χ1v) is 5.55. The SMILES string of the molecule is CCCn1cc(C)nc1NCc1cn[nH]c1. The van der Waals surface area contributed by atoms with Crippen LogP contribution in [0.25, 0.3) is 0 Å². The number of nitrogens with zero attached hydrogens (tertiary/aromatic N) is 3. The van der Waals surface area contributed by atoms with Crippen LogP contribution in [0.15, 0.2) is 18.6 Å². The van der Waals surface area contributed by atoms with Gasteiger partial charge in [0.05, 0.1) is 11.9 Å². The topological polar surface area (TPSA) is 58.5 Å². The molecule has 0 aliphatic heterocycles. The summed E-state index contributed by atoms with van der Waals surface area (Å²) < 4.78 is 2.15. The molecule has 0 saturated carbocycles. The van der Waals surface area contributed by atoms with Crippen LogP contribution in [0.4, 0.5) is 5.95 Å². The molecule has 0 radical (unpaired) electrons. The molecule has 0 amide bonds. The van der Waals surface area contributed by atoms with E-state index in [1.54, 1.807) is 0 Å². The molecule has 16 heavy (non-hydrogen) atoms. The lowest BCUT2D eigenvalue weighted by Gasteiger charge is -2.07. The second kappa shape index (κ2) is 4.83. The first-order valence-electron chi connectivity index (χ1n) is 5.55. The number of nitrogens with one attached hydrogen (secondary N) is 2. The van der Waals surface area contributed by atoms with Crippen molar-refractivity contribution in [1.82, 2.24) is 19.7 Å². The van der Waals surface area contributed by atoms with Crippen molar-refractivity contribution in [2.24, 2.45) is 0 Å². The fraction of sp³-hybridized carbons (Fsp3) is 0.455. The number of hydrogen-bond acceptors (Lipinski definition) is 3. The number of aromatic nitrogens is 4. The number of anilines is 1. The monoisotopic (exact) mass is 219 g/mol. The number of H-pyrrole nitrogens is 1. The summed E-state index contributed by atoms with van der Waals surface area (Å²) in [5, 5.41) is 10.0. The molecule has 0 atom stereocenters. The smallest absolute Gasteiger partial charge is 0.203 e. The number of hydrogen-bond donors (Lipinski definition) is 2. The normalized spacial score (nSPS) is 10.6. The third-order valence-electron chi connectivity index (χ3n) is 2.37.